The van der Waals surface area contributed by atoms with E-state index in [0.717, 1.165) is 37.6 Å². The monoisotopic (exact) mass is 496 g/mol. The van der Waals surface area contributed by atoms with Gasteiger partial charge in [0.2, 0.25) is 10.0 Å². The Bertz CT molecular complexity index is 970. The van der Waals surface area contributed by atoms with Crippen LogP contribution < -0.4 is 10.0 Å². The summed E-state index contributed by atoms with van der Waals surface area (Å²) in [6.07, 6.45) is 3.30. The van der Waals surface area contributed by atoms with Crippen molar-refractivity contribution in [2.75, 3.05) is 43.9 Å². The first-order chi connectivity index (χ1) is 16.3. The van der Waals surface area contributed by atoms with E-state index in [9.17, 15) is 23.7 Å². The van der Waals surface area contributed by atoms with Crippen LogP contribution in [0.1, 0.15) is 42.1 Å². The highest BCUT2D eigenvalue weighted by atomic mass is 32.2. The van der Waals surface area contributed by atoms with E-state index in [0.29, 0.717) is 49.8 Å². The van der Waals surface area contributed by atoms with Crippen LogP contribution in [0.2, 0.25) is 0 Å². The van der Waals surface area contributed by atoms with Crippen LogP contribution in [-0.2, 0) is 32.7 Å². The number of hydrogen-bond donors (Lipinski definition) is 5. The molecule has 0 aromatic heterocycles. The first-order valence-corrected chi connectivity index (χ1v) is 13.2. The number of phenols is 1. The van der Waals surface area contributed by atoms with Crippen LogP contribution in [0.15, 0.2) is 42.5 Å². The van der Waals surface area contributed by atoms with E-state index in [1.807, 2.05) is 6.07 Å². The van der Waals surface area contributed by atoms with Crippen molar-refractivity contribution in [3.63, 3.8) is 0 Å². The Hall–Kier alpha value is -2.21. The highest BCUT2D eigenvalue weighted by molar-refractivity contribution is 7.92. The van der Waals surface area contributed by atoms with E-state index in [1.165, 1.54) is 6.07 Å². The molecule has 0 spiro atoms. The first kappa shape index (κ1) is 28.0. The number of aliphatic hydroxyl groups excluding tert-OH is 2. The van der Waals surface area contributed by atoms with Crippen molar-refractivity contribution in [1.82, 2.24) is 5.32 Å². The molecule has 9 nitrogen and oxygen atoms in total. The molecular formula is C24H36N2O7S. The summed E-state index contributed by atoms with van der Waals surface area (Å²) in [7, 11) is -3.30. The van der Waals surface area contributed by atoms with Crippen molar-refractivity contribution in [3.05, 3.63) is 59.2 Å². The fraction of sp³-hybridized carbons (Fsp3) is 0.500. The normalized spacial score (nSPS) is 12.6. The minimum absolute atomic E-state index is 0.0226. The zero-order valence-corrected chi connectivity index (χ0v) is 20.4. The smallest absolute Gasteiger partial charge is 0.229 e. The summed E-state index contributed by atoms with van der Waals surface area (Å²) in [5.41, 5.74) is 2.45. The van der Waals surface area contributed by atoms with Crippen molar-refractivity contribution >= 4 is 15.7 Å². The number of nitrogens with one attached hydrogen (secondary N) is 2. The van der Waals surface area contributed by atoms with E-state index >= 15 is 0 Å². The van der Waals surface area contributed by atoms with Gasteiger partial charge in [0.15, 0.2) is 0 Å². The van der Waals surface area contributed by atoms with Gasteiger partial charge in [0.25, 0.3) is 0 Å². The van der Waals surface area contributed by atoms with Gasteiger partial charge < -0.3 is 30.1 Å². The third kappa shape index (κ3) is 11.3. The number of unbranched alkanes of at least 4 members (excludes halogenated alkanes) is 2. The summed E-state index contributed by atoms with van der Waals surface area (Å²) in [4.78, 5) is 0. The van der Waals surface area contributed by atoms with Gasteiger partial charge in [-0.2, -0.15) is 0 Å². The molecule has 34 heavy (non-hydrogen) atoms. The number of rotatable bonds is 17. The molecule has 0 saturated carbocycles. The van der Waals surface area contributed by atoms with Crippen molar-refractivity contribution in [3.8, 4) is 5.75 Å². The molecule has 0 fully saturated rings. The third-order valence-corrected chi connectivity index (χ3v) is 5.62. The van der Waals surface area contributed by atoms with E-state index < -0.39 is 16.1 Å². The highest BCUT2D eigenvalue weighted by Gasteiger charge is 2.10. The predicted molar refractivity (Wildman–Crippen MR) is 131 cm³/mol. The number of sulfonamides is 1. The maximum absolute atomic E-state index is 11.3. The lowest BCUT2D eigenvalue weighted by molar-refractivity contribution is 0.0393. The molecule has 0 aliphatic carbocycles. The number of ether oxygens (including phenoxy) is 2. The summed E-state index contributed by atoms with van der Waals surface area (Å²) < 4.78 is 36.2. The number of aromatic hydroxyl groups is 1. The second-order valence-electron chi connectivity index (χ2n) is 8.07. The SMILES string of the molecule is CS(=O)(=O)Nc1cccc(COCCOCCCCCNCC(O)c2ccc(O)c(CO)c2)c1. The topological polar surface area (TPSA) is 137 Å². The van der Waals surface area contributed by atoms with Crippen molar-refractivity contribution in [1.29, 1.82) is 0 Å². The molecule has 5 N–H and O–H groups in total. The minimum Gasteiger partial charge on any atom is -0.508 e. The van der Waals surface area contributed by atoms with Crippen molar-refractivity contribution in [2.45, 2.75) is 38.6 Å². The molecule has 0 heterocycles. The molecule has 0 amide bonds. The Morgan fingerprint density at radius 3 is 2.56 bits per heavy atom. The molecule has 1 atom stereocenters. The number of benzene rings is 2. The van der Waals surface area contributed by atoms with E-state index in [1.54, 1.807) is 30.3 Å². The van der Waals surface area contributed by atoms with Gasteiger partial charge in [-0.1, -0.05) is 18.2 Å². The molecular weight excluding hydrogens is 460 g/mol. The number of anilines is 1. The van der Waals surface area contributed by atoms with Gasteiger partial charge in [0, 0.05) is 24.4 Å². The second-order valence-corrected chi connectivity index (χ2v) is 9.81. The Balaban J connectivity index is 1.46. The fourth-order valence-electron chi connectivity index (χ4n) is 3.28. The molecule has 190 valence electrons. The molecule has 0 aliphatic heterocycles. The van der Waals surface area contributed by atoms with Crippen molar-refractivity contribution in [2.24, 2.45) is 0 Å². The van der Waals surface area contributed by atoms with Crippen LogP contribution in [0.3, 0.4) is 0 Å². The lowest BCUT2D eigenvalue weighted by Gasteiger charge is -2.14. The average molecular weight is 497 g/mol. The second kappa shape index (κ2) is 14.9. The molecule has 0 aliphatic rings. The van der Waals surface area contributed by atoms with E-state index in [2.05, 4.69) is 10.0 Å². The summed E-state index contributed by atoms with van der Waals surface area (Å²) in [5.74, 6) is 0.0226. The quantitative estimate of drug-likeness (QED) is 0.210. The van der Waals surface area contributed by atoms with Crippen LogP contribution in [0.25, 0.3) is 0 Å². The summed E-state index contributed by atoms with van der Waals surface area (Å²) in [6, 6.07) is 11.8. The molecule has 2 aromatic rings. The largest absolute Gasteiger partial charge is 0.508 e. The maximum atomic E-state index is 11.3. The van der Waals surface area contributed by atoms with Gasteiger partial charge >= 0.3 is 0 Å². The Labute approximate surface area is 201 Å². The molecule has 0 bridgehead atoms. The fourth-order valence-corrected chi connectivity index (χ4v) is 3.83. The van der Waals surface area contributed by atoms with Gasteiger partial charge in [0.05, 0.1) is 38.8 Å². The first-order valence-electron chi connectivity index (χ1n) is 11.3. The van der Waals surface area contributed by atoms with Crippen LogP contribution in [-0.4, -0.2) is 62.9 Å². The third-order valence-electron chi connectivity index (χ3n) is 5.01. The highest BCUT2D eigenvalue weighted by Crippen LogP contribution is 2.22. The standard InChI is InChI=1S/C24H36N2O7S/c1-34(30,31)26-22-7-5-6-19(14-22)18-33-13-12-32-11-4-2-3-10-25-16-24(29)20-8-9-23(28)21(15-20)17-27/h5-9,14-15,24-29H,2-4,10-13,16-18H2,1H3. The Kier molecular flexibility index (Phi) is 12.3. The van der Waals surface area contributed by atoms with Crippen LogP contribution in [0.4, 0.5) is 5.69 Å². The molecule has 0 saturated heterocycles. The molecule has 2 rings (SSSR count). The zero-order chi connectivity index (χ0) is 24.8. The van der Waals surface area contributed by atoms with Gasteiger partial charge in [-0.05, 0) is 61.2 Å². The molecule has 1 unspecified atom stereocenters. The lowest BCUT2D eigenvalue weighted by Crippen LogP contribution is -2.22. The van der Waals surface area contributed by atoms with Crippen LogP contribution in [0.5, 0.6) is 5.75 Å². The maximum Gasteiger partial charge on any atom is 0.229 e. The van der Waals surface area contributed by atoms with Gasteiger partial charge in [-0.3, -0.25) is 4.72 Å². The Morgan fingerprint density at radius 2 is 1.79 bits per heavy atom. The number of hydrogen-bond acceptors (Lipinski definition) is 8. The van der Waals surface area contributed by atoms with Gasteiger partial charge in [-0.25, -0.2) is 8.42 Å². The lowest BCUT2D eigenvalue weighted by atomic mass is 10.1. The van der Waals surface area contributed by atoms with Crippen LogP contribution in [0, 0.1) is 0 Å². The average Bonchev–Trinajstić information content (AvgIpc) is 2.79. The molecule has 2 aromatic carbocycles. The number of aliphatic hydroxyl groups is 2. The molecule has 0 radical (unpaired) electrons. The predicted octanol–water partition coefficient (Wildman–Crippen LogP) is 2.28. The zero-order valence-electron chi connectivity index (χ0n) is 19.6. The summed E-state index contributed by atoms with van der Waals surface area (Å²) in [5, 5.41) is 32.2. The Morgan fingerprint density at radius 1 is 1.00 bits per heavy atom. The molecule has 10 heteroatoms. The van der Waals surface area contributed by atoms with Crippen molar-refractivity contribution < 1.29 is 33.2 Å². The van der Waals surface area contributed by atoms with E-state index in [4.69, 9.17) is 9.47 Å². The van der Waals surface area contributed by atoms with Crippen LogP contribution >= 0.6 is 0 Å². The van der Waals surface area contributed by atoms with E-state index in [-0.39, 0.29) is 12.4 Å². The summed E-state index contributed by atoms with van der Waals surface area (Å²) in [6.45, 7) is 2.89. The summed E-state index contributed by atoms with van der Waals surface area (Å²) >= 11 is 0. The van der Waals surface area contributed by atoms with Gasteiger partial charge in [-0.15, -0.1) is 0 Å². The minimum atomic E-state index is -3.30. The van der Waals surface area contributed by atoms with Gasteiger partial charge in [0.1, 0.15) is 5.75 Å².